The Morgan fingerprint density at radius 3 is 2.00 bits per heavy atom. The van der Waals surface area contributed by atoms with Gasteiger partial charge in [-0.05, 0) is 17.7 Å². The van der Waals surface area contributed by atoms with Gasteiger partial charge in [0.05, 0.1) is 0 Å². The summed E-state index contributed by atoms with van der Waals surface area (Å²) in [7, 11) is 0. The number of aromatic nitrogens is 1. The van der Waals surface area contributed by atoms with E-state index in [1.807, 2.05) is 0 Å². The maximum atomic E-state index is 14.3. The molecule has 0 unspecified atom stereocenters. The fraction of sp³-hybridized carbons (Fsp3) is 0.0714. The van der Waals surface area contributed by atoms with Crippen LogP contribution in [0.1, 0.15) is 16.7 Å². The van der Waals surface area contributed by atoms with E-state index in [0.717, 1.165) is 17.7 Å². The van der Waals surface area contributed by atoms with Crippen molar-refractivity contribution in [1.82, 2.24) is 4.98 Å². The zero-order valence-corrected chi connectivity index (χ0v) is 11.2. The number of pyridine rings is 1. The van der Waals surface area contributed by atoms with Gasteiger partial charge in [0.2, 0.25) is 0 Å². The average Bonchev–Trinajstić information content (AvgIpc) is 2.37. The molecule has 0 radical (unpaired) electrons. The third-order valence-corrected chi connectivity index (χ3v) is 3.02. The molecule has 19 heavy (non-hydrogen) atoms. The van der Waals surface area contributed by atoms with Crippen molar-refractivity contribution in [3.8, 4) is 0 Å². The maximum absolute atomic E-state index is 14.3. The van der Waals surface area contributed by atoms with Crippen molar-refractivity contribution in [2.24, 2.45) is 0 Å². The molecule has 1 aromatic carbocycles. The third kappa shape index (κ3) is 2.94. The summed E-state index contributed by atoms with van der Waals surface area (Å²) in [5.74, 6) is -3.18. The fourth-order valence-electron chi connectivity index (χ4n) is 1.64. The number of nitrogens with zero attached hydrogens (tertiary/aromatic N) is 1. The fourth-order valence-corrected chi connectivity index (χ4v) is 2.10. The van der Waals surface area contributed by atoms with Crippen molar-refractivity contribution in [1.29, 1.82) is 0 Å². The second-order valence-electron chi connectivity index (χ2n) is 3.90. The highest BCUT2D eigenvalue weighted by Gasteiger charge is 2.34. The molecule has 0 aliphatic rings. The van der Waals surface area contributed by atoms with Crippen molar-refractivity contribution >= 4 is 29.3 Å². The first-order chi connectivity index (χ1) is 8.93. The molecule has 0 N–H and O–H groups in total. The Bertz CT molecular complexity index is 589. The standard InChI is InChI=1S/C14H9Cl2F2N/c1-2-9-3-5-10(6-4-9)14(17,18)11-7-12(15)19-13(16)8-11/h2-8H,1H2. The number of hydrogen-bond donors (Lipinski definition) is 0. The van der Waals surface area contributed by atoms with Crippen molar-refractivity contribution < 1.29 is 8.78 Å². The lowest BCUT2D eigenvalue weighted by molar-refractivity contribution is 0.0427. The summed E-state index contributed by atoms with van der Waals surface area (Å²) in [5.41, 5.74) is 0.339. The zero-order valence-electron chi connectivity index (χ0n) is 9.71. The predicted octanol–water partition coefficient (Wildman–Crippen LogP) is 5.17. The van der Waals surface area contributed by atoms with Crippen LogP contribution in [0.2, 0.25) is 10.3 Å². The van der Waals surface area contributed by atoms with Gasteiger partial charge >= 0.3 is 0 Å². The summed E-state index contributed by atoms with van der Waals surface area (Å²) in [4.78, 5) is 3.65. The van der Waals surface area contributed by atoms with Gasteiger partial charge in [-0.3, -0.25) is 0 Å². The van der Waals surface area contributed by atoms with Crippen LogP contribution >= 0.6 is 23.2 Å². The van der Waals surface area contributed by atoms with Gasteiger partial charge in [-0.1, -0.05) is 60.1 Å². The van der Waals surface area contributed by atoms with Gasteiger partial charge in [0.1, 0.15) is 10.3 Å². The quantitative estimate of drug-likeness (QED) is 0.712. The molecule has 0 aliphatic heterocycles. The van der Waals surface area contributed by atoms with Crippen molar-refractivity contribution in [2.75, 3.05) is 0 Å². The minimum atomic E-state index is -3.18. The summed E-state index contributed by atoms with van der Waals surface area (Å²) in [5, 5.41) is -0.130. The van der Waals surface area contributed by atoms with Gasteiger partial charge in [0.25, 0.3) is 5.92 Å². The van der Waals surface area contributed by atoms with Gasteiger partial charge in [-0.25, -0.2) is 4.98 Å². The van der Waals surface area contributed by atoms with E-state index in [2.05, 4.69) is 11.6 Å². The van der Waals surface area contributed by atoms with E-state index >= 15 is 0 Å². The monoisotopic (exact) mass is 299 g/mol. The minimum absolute atomic E-state index is 0.0649. The normalized spacial score (nSPS) is 11.4. The second kappa shape index (κ2) is 5.27. The van der Waals surface area contributed by atoms with Crippen LogP contribution in [0, 0.1) is 0 Å². The molecule has 0 fully saturated rings. The maximum Gasteiger partial charge on any atom is 0.298 e. The van der Waals surface area contributed by atoms with Crippen LogP contribution in [0.4, 0.5) is 8.78 Å². The second-order valence-corrected chi connectivity index (χ2v) is 4.68. The van der Waals surface area contributed by atoms with Gasteiger partial charge in [-0.2, -0.15) is 8.78 Å². The SMILES string of the molecule is C=Cc1ccc(C(F)(F)c2cc(Cl)nc(Cl)c2)cc1. The molecule has 0 spiro atoms. The van der Waals surface area contributed by atoms with Crippen molar-refractivity contribution in [3.63, 3.8) is 0 Å². The Hall–Kier alpha value is -1.45. The average molecular weight is 300 g/mol. The smallest absolute Gasteiger partial charge is 0.224 e. The summed E-state index contributed by atoms with van der Waals surface area (Å²) < 4.78 is 28.6. The van der Waals surface area contributed by atoms with E-state index in [9.17, 15) is 8.78 Å². The highest BCUT2D eigenvalue weighted by atomic mass is 35.5. The Balaban J connectivity index is 2.47. The first kappa shape index (κ1) is 14.0. The molecule has 2 rings (SSSR count). The van der Waals surface area contributed by atoms with Crippen LogP contribution in [0.3, 0.4) is 0 Å². The van der Waals surface area contributed by atoms with Crippen LogP contribution < -0.4 is 0 Å². The topological polar surface area (TPSA) is 12.9 Å². The molecule has 0 saturated heterocycles. The number of alkyl halides is 2. The number of rotatable bonds is 3. The summed E-state index contributed by atoms with van der Waals surface area (Å²) >= 11 is 11.3. The van der Waals surface area contributed by atoms with Gasteiger partial charge in [0, 0.05) is 11.1 Å². The van der Waals surface area contributed by atoms with Gasteiger partial charge in [0.15, 0.2) is 0 Å². The Morgan fingerprint density at radius 2 is 1.53 bits per heavy atom. The lowest BCUT2D eigenvalue weighted by atomic mass is 10.0. The Morgan fingerprint density at radius 1 is 1.00 bits per heavy atom. The highest BCUT2D eigenvalue weighted by molar-refractivity contribution is 6.32. The lowest BCUT2D eigenvalue weighted by Crippen LogP contribution is -2.15. The van der Waals surface area contributed by atoms with E-state index in [0.29, 0.717) is 0 Å². The summed E-state index contributed by atoms with van der Waals surface area (Å²) in [6.45, 7) is 3.57. The van der Waals surface area contributed by atoms with Crippen LogP contribution in [-0.2, 0) is 5.92 Å². The van der Waals surface area contributed by atoms with Crippen molar-refractivity contribution in [2.45, 2.75) is 5.92 Å². The first-order valence-electron chi connectivity index (χ1n) is 5.38. The molecule has 1 aromatic heterocycles. The molecule has 0 bridgehead atoms. The number of hydrogen-bond acceptors (Lipinski definition) is 1. The van der Waals surface area contributed by atoms with Gasteiger partial charge < -0.3 is 0 Å². The summed E-state index contributed by atoms with van der Waals surface area (Å²) in [6.07, 6.45) is 1.59. The molecule has 0 saturated carbocycles. The molecular formula is C14H9Cl2F2N. The summed E-state index contributed by atoms with van der Waals surface area (Å²) in [6, 6.07) is 8.05. The van der Waals surface area contributed by atoms with E-state index in [1.165, 1.54) is 12.1 Å². The molecule has 5 heteroatoms. The predicted molar refractivity (Wildman–Crippen MR) is 73.8 cm³/mol. The molecule has 1 nitrogen and oxygen atoms in total. The largest absolute Gasteiger partial charge is 0.298 e. The van der Waals surface area contributed by atoms with E-state index in [1.54, 1.807) is 18.2 Å². The molecule has 1 heterocycles. The van der Waals surface area contributed by atoms with Crippen LogP contribution in [-0.4, -0.2) is 4.98 Å². The van der Waals surface area contributed by atoms with Crippen LogP contribution in [0.15, 0.2) is 43.0 Å². The van der Waals surface area contributed by atoms with Crippen molar-refractivity contribution in [3.05, 3.63) is 70.0 Å². The number of benzene rings is 1. The van der Waals surface area contributed by atoms with Crippen LogP contribution in [0.25, 0.3) is 6.08 Å². The zero-order chi connectivity index (χ0) is 14.0. The number of halogens is 4. The molecular weight excluding hydrogens is 291 g/mol. The van der Waals surface area contributed by atoms with E-state index in [4.69, 9.17) is 23.2 Å². The molecule has 98 valence electrons. The third-order valence-electron chi connectivity index (χ3n) is 2.63. The first-order valence-corrected chi connectivity index (χ1v) is 6.13. The Labute approximate surface area is 119 Å². The highest BCUT2D eigenvalue weighted by Crippen LogP contribution is 2.37. The van der Waals surface area contributed by atoms with Gasteiger partial charge in [-0.15, -0.1) is 0 Å². The molecule has 2 aromatic rings. The van der Waals surface area contributed by atoms with E-state index < -0.39 is 5.92 Å². The minimum Gasteiger partial charge on any atom is -0.224 e. The molecule has 0 aliphatic carbocycles. The molecule has 0 atom stereocenters. The van der Waals surface area contributed by atoms with Crippen LogP contribution in [0.5, 0.6) is 0 Å². The lowest BCUT2D eigenvalue weighted by Gasteiger charge is -2.17. The molecule has 0 amide bonds. The van der Waals surface area contributed by atoms with E-state index in [-0.39, 0.29) is 21.4 Å². The Kier molecular flexibility index (Phi) is 3.88.